The van der Waals surface area contributed by atoms with E-state index >= 15 is 0 Å². The van der Waals surface area contributed by atoms with Crippen molar-refractivity contribution < 1.29 is 17.2 Å². The van der Waals surface area contributed by atoms with Gasteiger partial charge >= 0.3 is 0 Å². The number of nitrogens with zero attached hydrogens (tertiary/aromatic N) is 1. The number of hydrogen-bond donors (Lipinski definition) is 1. The molecular weight excluding hydrogens is 271 g/mol. The number of likely N-dealkylation sites (tertiary alicyclic amines) is 1. The second-order valence-electron chi connectivity index (χ2n) is 4.31. The van der Waals surface area contributed by atoms with Crippen molar-refractivity contribution in [2.75, 3.05) is 26.2 Å². The van der Waals surface area contributed by atoms with E-state index in [2.05, 4.69) is 10.2 Å². The molecule has 1 amide bonds. The van der Waals surface area contributed by atoms with Crippen molar-refractivity contribution in [3.05, 3.63) is 34.9 Å². The van der Waals surface area contributed by atoms with E-state index in [4.69, 9.17) is 11.6 Å². The SMILES string of the molecule is O=C(NCCN1CCCC1)c1cccc(Cl)c1.[Cl-]. The van der Waals surface area contributed by atoms with Gasteiger partial charge in [-0.05, 0) is 44.1 Å². The van der Waals surface area contributed by atoms with Gasteiger partial charge in [0.2, 0.25) is 0 Å². The summed E-state index contributed by atoms with van der Waals surface area (Å²) in [7, 11) is 0. The Kier molecular flexibility index (Phi) is 6.47. The molecule has 0 radical (unpaired) electrons. The van der Waals surface area contributed by atoms with Crippen molar-refractivity contribution in [2.24, 2.45) is 0 Å². The fourth-order valence-corrected chi connectivity index (χ4v) is 2.26. The van der Waals surface area contributed by atoms with Crippen molar-refractivity contribution in [2.45, 2.75) is 12.8 Å². The molecule has 0 aliphatic carbocycles. The minimum Gasteiger partial charge on any atom is -1.00 e. The maximum Gasteiger partial charge on any atom is 0.251 e. The zero-order valence-electron chi connectivity index (χ0n) is 10.2. The summed E-state index contributed by atoms with van der Waals surface area (Å²) in [6, 6.07) is 7.02. The second kappa shape index (κ2) is 7.62. The molecule has 5 heteroatoms. The van der Waals surface area contributed by atoms with Gasteiger partial charge in [-0.1, -0.05) is 17.7 Å². The fraction of sp³-hybridized carbons (Fsp3) is 0.462. The average molecular weight is 288 g/mol. The number of carbonyl (C=O) groups excluding carboxylic acids is 1. The first kappa shape index (κ1) is 15.3. The summed E-state index contributed by atoms with van der Waals surface area (Å²) in [4.78, 5) is 14.2. The van der Waals surface area contributed by atoms with E-state index in [0.717, 1.165) is 19.6 Å². The van der Waals surface area contributed by atoms with Crippen LogP contribution in [0.1, 0.15) is 23.2 Å². The average Bonchev–Trinajstić information content (AvgIpc) is 2.82. The summed E-state index contributed by atoms with van der Waals surface area (Å²) in [6.07, 6.45) is 2.56. The summed E-state index contributed by atoms with van der Waals surface area (Å²) in [6.45, 7) is 3.96. The monoisotopic (exact) mass is 287 g/mol. The first-order chi connectivity index (χ1) is 8.25. The van der Waals surface area contributed by atoms with Gasteiger partial charge in [-0.2, -0.15) is 0 Å². The van der Waals surface area contributed by atoms with Crippen LogP contribution in [0.15, 0.2) is 24.3 Å². The van der Waals surface area contributed by atoms with Crippen LogP contribution in [0, 0.1) is 0 Å². The predicted octanol–water partition coefficient (Wildman–Crippen LogP) is -0.830. The number of hydrogen-bond acceptors (Lipinski definition) is 2. The van der Waals surface area contributed by atoms with Gasteiger partial charge in [0.15, 0.2) is 0 Å². The van der Waals surface area contributed by atoms with Crippen LogP contribution in [0.4, 0.5) is 0 Å². The molecule has 1 heterocycles. The topological polar surface area (TPSA) is 32.3 Å². The fourth-order valence-electron chi connectivity index (χ4n) is 2.07. The molecular formula is C13H17Cl2N2O-. The normalized spacial score (nSPS) is 15.2. The van der Waals surface area contributed by atoms with E-state index in [1.165, 1.54) is 12.8 Å². The van der Waals surface area contributed by atoms with Crippen molar-refractivity contribution in [1.82, 2.24) is 10.2 Å². The summed E-state index contributed by atoms with van der Waals surface area (Å²) < 4.78 is 0. The number of rotatable bonds is 4. The van der Waals surface area contributed by atoms with Crippen LogP contribution in [0.2, 0.25) is 5.02 Å². The van der Waals surface area contributed by atoms with E-state index < -0.39 is 0 Å². The molecule has 1 aliphatic rings. The zero-order valence-corrected chi connectivity index (χ0v) is 11.7. The molecule has 18 heavy (non-hydrogen) atoms. The Morgan fingerprint density at radius 1 is 1.33 bits per heavy atom. The number of amides is 1. The highest BCUT2D eigenvalue weighted by Crippen LogP contribution is 2.10. The van der Waals surface area contributed by atoms with Crippen LogP contribution in [-0.2, 0) is 0 Å². The van der Waals surface area contributed by atoms with Crippen LogP contribution in [0.5, 0.6) is 0 Å². The molecule has 1 aliphatic heterocycles. The lowest BCUT2D eigenvalue weighted by molar-refractivity contribution is -0.0000118. The third-order valence-electron chi connectivity index (χ3n) is 3.00. The number of halogens is 2. The van der Waals surface area contributed by atoms with Crippen molar-refractivity contribution in [3.63, 3.8) is 0 Å². The molecule has 1 N–H and O–H groups in total. The molecule has 1 aromatic rings. The highest BCUT2D eigenvalue weighted by atomic mass is 35.5. The quantitative estimate of drug-likeness (QED) is 0.784. The second-order valence-corrected chi connectivity index (χ2v) is 4.75. The molecule has 1 fully saturated rings. The molecule has 1 saturated heterocycles. The minimum atomic E-state index is -0.0494. The summed E-state index contributed by atoms with van der Waals surface area (Å²) in [5.74, 6) is -0.0494. The highest BCUT2D eigenvalue weighted by molar-refractivity contribution is 6.30. The minimum absolute atomic E-state index is 0. The maximum atomic E-state index is 11.8. The van der Waals surface area contributed by atoms with Crippen LogP contribution in [0.25, 0.3) is 0 Å². The Morgan fingerprint density at radius 3 is 2.72 bits per heavy atom. The molecule has 0 spiro atoms. The Morgan fingerprint density at radius 2 is 2.06 bits per heavy atom. The van der Waals surface area contributed by atoms with Crippen LogP contribution >= 0.6 is 11.6 Å². The van der Waals surface area contributed by atoms with Crippen molar-refractivity contribution >= 4 is 17.5 Å². The molecule has 100 valence electrons. The first-order valence-corrected chi connectivity index (χ1v) is 6.39. The Bertz CT molecular complexity index is 392. The standard InChI is InChI=1S/C13H17ClN2O.ClH/c14-12-5-3-4-11(10-12)13(17)15-6-9-16-7-1-2-8-16;/h3-5,10H,1-2,6-9H2,(H,15,17);1H/p-1. The third kappa shape index (κ3) is 4.48. The van der Waals surface area contributed by atoms with Crippen LogP contribution < -0.4 is 17.7 Å². The zero-order chi connectivity index (χ0) is 12.1. The highest BCUT2D eigenvalue weighted by Gasteiger charge is 2.11. The van der Waals surface area contributed by atoms with Gasteiger partial charge in [-0.25, -0.2) is 0 Å². The van der Waals surface area contributed by atoms with E-state index in [9.17, 15) is 4.79 Å². The molecule has 1 aromatic carbocycles. The Labute approximate surface area is 119 Å². The summed E-state index contributed by atoms with van der Waals surface area (Å²) >= 11 is 5.84. The lowest BCUT2D eigenvalue weighted by Crippen LogP contribution is -3.00. The number of nitrogens with one attached hydrogen (secondary N) is 1. The molecule has 3 nitrogen and oxygen atoms in total. The third-order valence-corrected chi connectivity index (χ3v) is 3.23. The number of benzene rings is 1. The molecule has 0 bridgehead atoms. The molecule has 0 aromatic heterocycles. The van der Waals surface area contributed by atoms with Crippen molar-refractivity contribution in [1.29, 1.82) is 0 Å². The van der Waals surface area contributed by atoms with E-state index in [-0.39, 0.29) is 18.3 Å². The smallest absolute Gasteiger partial charge is 0.251 e. The molecule has 0 unspecified atom stereocenters. The lowest BCUT2D eigenvalue weighted by atomic mass is 10.2. The Balaban J connectivity index is 0.00000162. The van der Waals surface area contributed by atoms with Gasteiger partial charge in [0.05, 0.1) is 0 Å². The van der Waals surface area contributed by atoms with Gasteiger partial charge in [0.25, 0.3) is 5.91 Å². The van der Waals surface area contributed by atoms with Gasteiger partial charge in [0, 0.05) is 23.7 Å². The summed E-state index contributed by atoms with van der Waals surface area (Å²) in [5.41, 5.74) is 0.624. The molecule has 0 saturated carbocycles. The van der Waals surface area contributed by atoms with E-state index in [1.807, 2.05) is 0 Å². The first-order valence-electron chi connectivity index (χ1n) is 6.02. The van der Waals surface area contributed by atoms with E-state index in [1.54, 1.807) is 24.3 Å². The summed E-state index contributed by atoms with van der Waals surface area (Å²) in [5, 5.41) is 3.51. The van der Waals surface area contributed by atoms with Gasteiger partial charge < -0.3 is 22.6 Å². The Hall–Kier alpha value is -0.770. The largest absolute Gasteiger partial charge is 1.00 e. The lowest BCUT2D eigenvalue weighted by Gasteiger charge is -2.14. The van der Waals surface area contributed by atoms with Crippen LogP contribution in [0.3, 0.4) is 0 Å². The van der Waals surface area contributed by atoms with Gasteiger partial charge in [-0.15, -0.1) is 0 Å². The van der Waals surface area contributed by atoms with E-state index in [0.29, 0.717) is 17.1 Å². The number of carbonyl (C=O) groups is 1. The maximum absolute atomic E-state index is 11.8. The van der Waals surface area contributed by atoms with Crippen LogP contribution in [-0.4, -0.2) is 37.0 Å². The molecule has 2 rings (SSSR count). The van der Waals surface area contributed by atoms with Gasteiger partial charge in [-0.3, -0.25) is 4.79 Å². The van der Waals surface area contributed by atoms with Crippen molar-refractivity contribution in [3.8, 4) is 0 Å². The van der Waals surface area contributed by atoms with Gasteiger partial charge in [0.1, 0.15) is 0 Å². The predicted molar refractivity (Wildman–Crippen MR) is 69.5 cm³/mol. The molecule has 0 atom stereocenters.